The Bertz CT molecular complexity index is 479. The third kappa shape index (κ3) is 4.21. The Kier molecular flexibility index (Phi) is 5.38. The standard InChI is InChI=1S/C14H17BrN2S/c15-14-6-5-13(18-14)10-17-9-12-3-1-11(2-4-12)7-8-16/h1-6,17H,7-10,16H2. The van der Waals surface area contributed by atoms with Gasteiger partial charge in [-0.1, -0.05) is 24.3 Å². The molecule has 0 radical (unpaired) electrons. The second-order valence-corrected chi connectivity index (χ2v) is 6.71. The number of thiophene rings is 1. The van der Waals surface area contributed by atoms with E-state index in [0.29, 0.717) is 6.54 Å². The molecule has 1 aromatic heterocycles. The van der Waals surface area contributed by atoms with E-state index in [1.54, 1.807) is 11.3 Å². The molecule has 4 heteroatoms. The number of rotatable bonds is 6. The summed E-state index contributed by atoms with van der Waals surface area (Å²) in [5, 5.41) is 3.45. The molecule has 2 rings (SSSR count). The first kappa shape index (κ1) is 13.7. The Morgan fingerprint density at radius 2 is 1.72 bits per heavy atom. The average Bonchev–Trinajstić information content (AvgIpc) is 2.78. The second-order valence-electron chi connectivity index (χ2n) is 4.16. The van der Waals surface area contributed by atoms with Crippen LogP contribution in [-0.4, -0.2) is 6.54 Å². The normalized spacial score (nSPS) is 10.8. The zero-order chi connectivity index (χ0) is 12.8. The van der Waals surface area contributed by atoms with Crippen molar-refractivity contribution < 1.29 is 0 Å². The van der Waals surface area contributed by atoms with Crippen LogP contribution in [0, 0.1) is 0 Å². The highest BCUT2D eigenvalue weighted by molar-refractivity contribution is 9.11. The fourth-order valence-electron chi connectivity index (χ4n) is 1.77. The topological polar surface area (TPSA) is 38.0 Å². The fourth-order valence-corrected chi connectivity index (χ4v) is 3.22. The molecule has 0 unspecified atom stereocenters. The summed E-state index contributed by atoms with van der Waals surface area (Å²) in [6.45, 7) is 2.53. The predicted octanol–water partition coefficient (Wildman–Crippen LogP) is 3.30. The van der Waals surface area contributed by atoms with Crippen LogP contribution in [0.15, 0.2) is 40.2 Å². The molecule has 0 aliphatic carbocycles. The highest BCUT2D eigenvalue weighted by Crippen LogP contribution is 2.21. The highest BCUT2D eigenvalue weighted by atomic mass is 79.9. The number of benzene rings is 1. The lowest BCUT2D eigenvalue weighted by Crippen LogP contribution is -2.11. The average molecular weight is 325 g/mol. The van der Waals surface area contributed by atoms with Gasteiger partial charge in [-0.05, 0) is 52.2 Å². The summed E-state index contributed by atoms with van der Waals surface area (Å²) < 4.78 is 1.19. The molecule has 0 aliphatic rings. The van der Waals surface area contributed by atoms with E-state index in [0.717, 1.165) is 19.5 Å². The smallest absolute Gasteiger partial charge is 0.0701 e. The zero-order valence-electron chi connectivity index (χ0n) is 10.2. The van der Waals surface area contributed by atoms with E-state index in [4.69, 9.17) is 5.73 Å². The van der Waals surface area contributed by atoms with E-state index < -0.39 is 0 Å². The van der Waals surface area contributed by atoms with Gasteiger partial charge in [0.25, 0.3) is 0 Å². The molecule has 2 nitrogen and oxygen atoms in total. The molecule has 0 saturated heterocycles. The number of hydrogen-bond acceptors (Lipinski definition) is 3. The van der Waals surface area contributed by atoms with Crippen molar-refractivity contribution in [3.63, 3.8) is 0 Å². The summed E-state index contributed by atoms with van der Waals surface area (Å²) in [6.07, 6.45) is 0.955. The van der Waals surface area contributed by atoms with Gasteiger partial charge in [0.1, 0.15) is 0 Å². The van der Waals surface area contributed by atoms with E-state index >= 15 is 0 Å². The summed E-state index contributed by atoms with van der Waals surface area (Å²) in [5.74, 6) is 0. The summed E-state index contributed by atoms with van der Waals surface area (Å²) in [7, 11) is 0. The first-order valence-corrected chi connectivity index (χ1v) is 7.61. The van der Waals surface area contributed by atoms with Crippen molar-refractivity contribution >= 4 is 27.3 Å². The van der Waals surface area contributed by atoms with E-state index in [1.165, 1.54) is 19.8 Å². The number of nitrogens with one attached hydrogen (secondary N) is 1. The molecule has 0 aliphatic heterocycles. The first-order valence-electron chi connectivity index (χ1n) is 6.01. The molecular weight excluding hydrogens is 308 g/mol. The molecule has 3 N–H and O–H groups in total. The monoisotopic (exact) mass is 324 g/mol. The van der Waals surface area contributed by atoms with Crippen LogP contribution in [0.25, 0.3) is 0 Å². The number of halogens is 1. The molecular formula is C14H17BrN2S. The van der Waals surface area contributed by atoms with Crippen molar-refractivity contribution in [3.8, 4) is 0 Å². The Balaban J connectivity index is 1.79. The minimum atomic E-state index is 0.713. The Morgan fingerprint density at radius 1 is 1.00 bits per heavy atom. The van der Waals surface area contributed by atoms with E-state index in [9.17, 15) is 0 Å². The molecule has 18 heavy (non-hydrogen) atoms. The van der Waals surface area contributed by atoms with E-state index in [1.807, 2.05) is 0 Å². The molecule has 1 aromatic carbocycles. The van der Waals surface area contributed by atoms with Gasteiger partial charge in [-0.25, -0.2) is 0 Å². The SMILES string of the molecule is NCCc1ccc(CNCc2ccc(Br)s2)cc1. The van der Waals surface area contributed by atoms with Crippen LogP contribution in [-0.2, 0) is 19.5 Å². The molecule has 1 heterocycles. The quantitative estimate of drug-likeness (QED) is 0.855. The lowest BCUT2D eigenvalue weighted by Gasteiger charge is -2.05. The molecule has 0 saturated carbocycles. The maximum atomic E-state index is 5.53. The lowest BCUT2D eigenvalue weighted by atomic mass is 10.1. The van der Waals surface area contributed by atoms with Gasteiger partial charge in [0.15, 0.2) is 0 Å². The van der Waals surface area contributed by atoms with Crippen LogP contribution in [0.1, 0.15) is 16.0 Å². The molecule has 0 bridgehead atoms. The second kappa shape index (κ2) is 7.04. The Morgan fingerprint density at radius 3 is 2.33 bits per heavy atom. The molecule has 2 aromatic rings. The van der Waals surface area contributed by atoms with Gasteiger partial charge in [-0.2, -0.15) is 0 Å². The van der Waals surface area contributed by atoms with Crippen molar-refractivity contribution in [3.05, 3.63) is 56.2 Å². The van der Waals surface area contributed by atoms with Crippen LogP contribution in [0.2, 0.25) is 0 Å². The summed E-state index contributed by atoms with van der Waals surface area (Å²) in [6, 6.07) is 12.9. The summed E-state index contributed by atoms with van der Waals surface area (Å²) >= 11 is 5.24. The van der Waals surface area contributed by atoms with E-state index in [-0.39, 0.29) is 0 Å². The van der Waals surface area contributed by atoms with Gasteiger partial charge in [-0.15, -0.1) is 11.3 Å². The lowest BCUT2D eigenvalue weighted by molar-refractivity contribution is 0.700. The minimum absolute atomic E-state index is 0.713. The summed E-state index contributed by atoms with van der Waals surface area (Å²) in [4.78, 5) is 1.35. The van der Waals surface area contributed by atoms with Gasteiger partial charge >= 0.3 is 0 Å². The van der Waals surface area contributed by atoms with Crippen LogP contribution in [0.3, 0.4) is 0 Å². The van der Waals surface area contributed by atoms with Gasteiger partial charge in [0.2, 0.25) is 0 Å². The van der Waals surface area contributed by atoms with Crippen LogP contribution >= 0.6 is 27.3 Å². The van der Waals surface area contributed by atoms with Crippen LogP contribution in [0.5, 0.6) is 0 Å². The molecule has 0 fully saturated rings. The third-order valence-corrected chi connectivity index (χ3v) is 4.34. The minimum Gasteiger partial charge on any atom is -0.330 e. The third-order valence-electron chi connectivity index (χ3n) is 2.71. The molecule has 0 atom stereocenters. The first-order chi connectivity index (χ1) is 8.78. The number of nitrogens with two attached hydrogens (primary N) is 1. The highest BCUT2D eigenvalue weighted by Gasteiger charge is 1.98. The zero-order valence-corrected chi connectivity index (χ0v) is 12.6. The van der Waals surface area contributed by atoms with Gasteiger partial charge < -0.3 is 11.1 Å². The van der Waals surface area contributed by atoms with Crippen molar-refractivity contribution in [2.45, 2.75) is 19.5 Å². The van der Waals surface area contributed by atoms with Crippen LogP contribution < -0.4 is 11.1 Å². The van der Waals surface area contributed by atoms with Crippen molar-refractivity contribution in [1.82, 2.24) is 5.32 Å². The fraction of sp³-hybridized carbons (Fsp3) is 0.286. The van der Waals surface area contributed by atoms with Gasteiger partial charge in [-0.3, -0.25) is 0 Å². The summed E-state index contributed by atoms with van der Waals surface area (Å²) in [5.41, 5.74) is 8.15. The largest absolute Gasteiger partial charge is 0.330 e. The predicted molar refractivity (Wildman–Crippen MR) is 81.8 cm³/mol. The van der Waals surface area contributed by atoms with Crippen molar-refractivity contribution in [1.29, 1.82) is 0 Å². The number of hydrogen-bond donors (Lipinski definition) is 2. The Labute approximate surface area is 120 Å². The molecule has 96 valence electrons. The molecule has 0 amide bonds. The van der Waals surface area contributed by atoms with Gasteiger partial charge in [0, 0.05) is 18.0 Å². The Hall–Kier alpha value is -0.680. The maximum absolute atomic E-state index is 5.53. The maximum Gasteiger partial charge on any atom is 0.0701 e. The van der Waals surface area contributed by atoms with Crippen molar-refractivity contribution in [2.75, 3.05) is 6.54 Å². The molecule has 0 spiro atoms. The van der Waals surface area contributed by atoms with Crippen LogP contribution in [0.4, 0.5) is 0 Å². The van der Waals surface area contributed by atoms with Gasteiger partial charge in [0.05, 0.1) is 3.79 Å². The van der Waals surface area contributed by atoms with Crippen molar-refractivity contribution in [2.24, 2.45) is 5.73 Å². The van der Waals surface area contributed by atoms with E-state index in [2.05, 4.69) is 57.6 Å².